The standard InChI is InChI=1S/C18H28N2O.ClH/c1-18(2,3)17(15-7-5-4-6-8-15)20-16(21)10-9-14-11-12-19-13-14;/h4-8,14,17,19H,9-13H2,1-3H3,(H,20,21);1H. The van der Waals surface area contributed by atoms with Crippen molar-refractivity contribution in [2.24, 2.45) is 11.3 Å². The van der Waals surface area contributed by atoms with Gasteiger partial charge in [-0.05, 0) is 42.8 Å². The van der Waals surface area contributed by atoms with Crippen LogP contribution in [0.25, 0.3) is 0 Å². The first-order valence-corrected chi connectivity index (χ1v) is 8.02. The molecular weight excluding hydrogens is 296 g/mol. The van der Waals surface area contributed by atoms with E-state index >= 15 is 0 Å². The number of carbonyl (C=O) groups excluding carboxylic acids is 1. The molecule has 2 N–H and O–H groups in total. The number of benzene rings is 1. The first kappa shape index (κ1) is 19.0. The first-order chi connectivity index (χ1) is 9.97. The lowest BCUT2D eigenvalue weighted by Crippen LogP contribution is -2.36. The third kappa shape index (κ3) is 5.62. The smallest absolute Gasteiger partial charge is 0.220 e. The van der Waals surface area contributed by atoms with Crippen LogP contribution in [0.1, 0.15) is 51.6 Å². The Morgan fingerprint density at radius 2 is 2.00 bits per heavy atom. The molecule has 0 radical (unpaired) electrons. The van der Waals surface area contributed by atoms with Crippen molar-refractivity contribution < 1.29 is 4.79 Å². The second-order valence-corrected chi connectivity index (χ2v) is 7.17. The number of carbonyl (C=O) groups is 1. The van der Waals surface area contributed by atoms with Gasteiger partial charge in [0.15, 0.2) is 0 Å². The van der Waals surface area contributed by atoms with E-state index in [9.17, 15) is 4.79 Å². The molecule has 1 fully saturated rings. The van der Waals surface area contributed by atoms with Gasteiger partial charge in [-0.1, -0.05) is 51.1 Å². The van der Waals surface area contributed by atoms with Gasteiger partial charge in [0, 0.05) is 6.42 Å². The second kappa shape index (κ2) is 8.54. The molecule has 1 aliphatic rings. The van der Waals surface area contributed by atoms with E-state index in [4.69, 9.17) is 0 Å². The summed E-state index contributed by atoms with van der Waals surface area (Å²) < 4.78 is 0. The summed E-state index contributed by atoms with van der Waals surface area (Å²) in [7, 11) is 0. The van der Waals surface area contributed by atoms with Crippen molar-refractivity contribution in [3.63, 3.8) is 0 Å². The van der Waals surface area contributed by atoms with Crippen LogP contribution >= 0.6 is 12.4 Å². The molecule has 124 valence electrons. The number of nitrogens with one attached hydrogen (secondary N) is 2. The molecule has 2 unspecified atom stereocenters. The summed E-state index contributed by atoms with van der Waals surface area (Å²) in [4.78, 5) is 12.3. The lowest BCUT2D eigenvalue weighted by atomic mass is 9.82. The Bertz CT molecular complexity index is 450. The number of hydrogen-bond donors (Lipinski definition) is 2. The second-order valence-electron chi connectivity index (χ2n) is 7.17. The molecule has 1 heterocycles. The molecule has 0 bridgehead atoms. The number of rotatable bonds is 5. The predicted molar refractivity (Wildman–Crippen MR) is 94.2 cm³/mol. The molecule has 1 saturated heterocycles. The maximum atomic E-state index is 12.3. The molecule has 1 aromatic carbocycles. The van der Waals surface area contributed by atoms with E-state index in [1.54, 1.807) is 0 Å². The van der Waals surface area contributed by atoms with Crippen LogP contribution in [0.5, 0.6) is 0 Å². The van der Waals surface area contributed by atoms with Crippen LogP contribution in [-0.2, 0) is 4.79 Å². The summed E-state index contributed by atoms with van der Waals surface area (Å²) in [5.74, 6) is 0.839. The van der Waals surface area contributed by atoms with Gasteiger partial charge in [-0.2, -0.15) is 0 Å². The molecule has 22 heavy (non-hydrogen) atoms. The van der Waals surface area contributed by atoms with Gasteiger partial charge in [0.05, 0.1) is 6.04 Å². The lowest BCUT2D eigenvalue weighted by Gasteiger charge is -2.32. The minimum atomic E-state index is 0. The highest BCUT2D eigenvalue weighted by Gasteiger charge is 2.27. The summed E-state index contributed by atoms with van der Waals surface area (Å²) in [6.45, 7) is 8.68. The Morgan fingerprint density at radius 3 is 2.55 bits per heavy atom. The van der Waals surface area contributed by atoms with Crippen LogP contribution in [0, 0.1) is 11.3 Å². The zero-order chi connectivity index (χ0) is 15.3. The SMILES string of the molecule is CC(C)(C)C(NC(=O)CCC1CCNC1)c1ccccc1.Cl. The molecule has 1 amide bonds. The van der Waals surface area contributed by atoms with Crippen molar-refractivity contribution in [1.82, 2.24) is 10.6 Å². The molecule has 1 aromatic rings. The molecule has 1 aliphatic heterocycles. The van der Waals surface area contributed by atoms with E-state index in [2.05, 4.69) is 43.5 Å². The average molecular weight is 325 g/mol. The average Bonchev–Trinajstić information content (AvgIpc) is 2.95. The van der Waals surface area contributed by atoms with Crippen molar-refractivity contribution in [2.45, 2.75) is 46.1 Å². The molecule has 2 atom stereocenters. The van der Waals surface area contributed by atoms with E-state index < -0.39 is 0 Å². The fourth-order valence-electron chi connectivity index (χ4n) is 2.97. The largest absolute Gasteiger partial charge is 0.349 e. The summed E-state index contributed by atoms with van der Waals surface area (Å²) in [5.41, 5.74) is 1.19. The van der Waals surface area contributed by atoms with Gasteiger partial charge in [-0.3, -0.25) is 4.79 Å². The Hall–Kier alpha value is -1.06. The maximum Gasteiger partial charge on any atom is 0.220 e. The fraction of sp³-hybridized carbons (Fsp3) is 0.611. The van der Waals surface area contributed by atoms with Crippen LogP contribution in [0.2, 0.25) is 0 Å². The van der Waals surface area contributed by atoms with Gasteiger partial charge in [0.1, 0.15) is 0 Å². The first-order valence-electron chi connectivity index (χ1n) is 8.02. The third-order valence-corrected chi connectivity index (χ3v) is 4.25. The van der Waals surface area contributed by atoms with E-state index in [0.717, 1.165) is 19.5 Å². The minimum absolute atomic E-state index is 0. The van der Waals surface area contributed by atoms with Gasteiger partial charge in [-0.25, -0.2) is 0 Å². The summed E-state index contributed by atoms with van der Waals surface area (Å²) in [6, 6.07) is 10.3. The Balaban J connectivity index is 0.00000242. The highest BCUT2D eigenvalue weighted by Crippen LogP contribution is 2.32. The molecule has 4 heteroatoms. The Kier molecular flexibility index (Phi) is 7.37. The highest BCUT2D eigenvalue weighted by molar-refractivity contribution is 5.85. The predicted octanol–water partition coefficient (Wildman–Crippen LogP) is 3.70. The van der Waals surface area contributed by atoms with Crippen molar-refractivity contribution in [3.05, 3.63) is 35.9 Å². The number of halogens is 1. The molecule has 0 aromatic heterocycles. The van der Waals surface area contributed by atoms with E-state index in [1.807, 2.05) is 18.2 Å². The van der Waals surface area contributed by atoms with Gasteiger partial charge in [-0.15, -0.1) is 12.4 Å². The zero-order valence-electron chi connectivity index (χ0n) is 13.9. The quantitative estimate of drug-likeness (QED) is 0.867. The molecule has 0 spiro atoms. The normalized spacial score (nSPS) is 19.3. The van der Waals surface area contributed by atoms with Crippen LogP contribution in [0.3, 0.4) is 0 Å². The van der Waals surface area contributed by atoms with E-state index in [1.165, 1.54) is 12.0 Å². The Labute approximate surface area is 140 Å². The monoisotopic (exact) mass is 324 g/mol. The lowest BCUT2D eigenvalue weighted by molar-refractivity contribution is -0.122. The van der Waals surface area contributed by atoms with E-state index in [0.29, 0.717) is 12.3 Å². The molecule has 0 saturated carbocycles. The van der Waals surface area contributed by atoms with Crippen LogP contribution < -0.4 is 10.6 Å². The zero-order valence-corrected chi connectivity index (χ0v) is 14.7. The fourth-order valence-corrected chi connectivity index (χ4v) is 2.97. The van der Waals surface area contributed by atoms with Crippen molar-refractivity contribution in [2.75, 3.05) is 13.1 Å². The van der Waals surface area contributed by atoms with Crippen molar-refractivity contribution in [3.8, 4) is 0 Å². The number of amides is 1. The van der Waals surface area contributed by atoms with Gasteiger partial charge >= 0.3 is 0 Å². The topological polar surface area (TPSA) is 41.1 Å². The highest BCUT2D eigenvalue weighted by atomic mass is 35.5. The van der Waals surface area contributed by atoms with Gasteiger partial charge < -0.3 is 10.6 Å². The Morgan fingerprint density at radius 1 is 1.32 bits per heavy atom. The van der Waals surface area contributed by atoms with Crippen molar-refractivity contribution in [1.29, 1.82) is 0 Å². The van der Waals surface area contributed by atoms with Gasteiger partial charge in [0.2, 0.25) is 5.91 Å². The van der Waals surface area contributed by atoms with Gasteiger partial charge in [0.25, 0.3) is 0 Å². The summed E-state index contributed by atoms with van der Waals surface area (Å²) >= 11 is 0. The van der Waals surface area contributed by atoms with E-state index in [-0.39, 0.29) is 29.8 Å². The van der Waals surface area contributed by atoms with Crippen LogP contribution in [-0.4, -0.2) is 19.0 Å². The summed E-state index contributed by atoms with van der Waals surface area (Å²) in [6.07, 6.45) is 2.82. The minimum Gasteiger partial charge on any atom is -0.349 e. The molecular formula is C18H29ClN2O. The summed E-state index contributed by atoms with van der Waals surface area (Å²) in [5, 5.41) is 6.59. The molecule has 3 nitrogen and oxygen atoms in total. The molecule has 2 rings (SSSR count). The maximum absolute atomic E-state index is 12.3. The number of hydrogen-bond acceptors (Lipinski definition) is 2. The third-order valence-electron chi connectivity index (χ3n) is 4.25. The van der Waals surface area contributed by atoms with Crippen LogP contribution in [0.15, 0.2) is 30.3 Å². The molecule has 0 aliphatic carbocycles. The van der Waals surface area contributed by atoms with Crippen molar-refractivity contribution >= 4 is 18.3 Å². The van der Waals surface area contributed by atoms with Crippen LogP contribution in [0.4, 0.5) is 0 Å².